The maximum Gasteiger partial charge on any atom is 0.252 e. The Labute approximate surface area is 152 Å². The van der Waals surface area contributed by atoms with E-state index in [1.165, 1.54) is 5.56 Å². The number of likely N-dealkylation sites (tertiary alicyclic amines) is 1. The number of ether oxygens (including phenoxy) is 1. The molecule has 1 aromatic heterocycles. The molecule has 132 valence electrons. The van der Waals surface area contributed by atoms with E-state index < -0.39 is 0 Å². The highest BCUT2D eigenvalue weighted by Gasteiger charge is 2.43. The van der Waals surface area contributed by atoms with Crippen LogP contribution >= 0.6 is 11.3 Å². The largest absolute Gasteiger partial charge is 0.373 e. The Hall–Kier alpha value is -1.69. The molecule has 2 aliphatic rings. The summed E-state index contributed by atoms with van der Waals surface area (Å²) in [5.41, 5.74) is 2.01. The van der Waals surface area contributed by atoms with E-state index in [1.807, 2.05) is 16.8 Å². The Bertz CT molecular complexity index is 704. The summed E-state index contributed by atoms with van der Waals surface area (Å²) < 4.78 is 6.21. The summed E-state index contributed by atoms with van der Waals surface area (Å²) in [6.07, 6.45) is 2.86. The first kappa shape index (κ1) is 16.8. The Balaban J connectivity index is 1.35. The van der Waals surface area contributed by atoms with Gasteiger partial charge in [-0.25, -0.2) is 0 Å². The van der Waals surface area contributed by atoms with Crippen LogP contribution < -0.4 is 5.32 Å². The predicted octanol–water partition coefficient (Wildman–Crippen LogP) is 3.30. The molecule has 25 heavy (non-hydrogen) atoms. The number of carbonyl (C=O) groups is 1. The first-order chi connectivity index (χ1) is 12.2. The number of amides is 1. The summed E-state index contributed by atoms with van der Waals surface area (Å²) >= 11 is 1.56. The van der Waals surface area contributed by atoms with Crippen molar-refractivity contribution in [3.63, 3.8) is 0 Å². The molecule has 0 bridgehead atoms. The third kappa shape index (κ3) is 3.94. The summed E-state index contributed by atoms with van der Waals surface area (Å²) in [7, 11) is 0. The van der Waals surface area contributed by atoms with Crippen LogP contribution in [0.1, 0.15) is 35.2 Å². The third-order valence-electron chi connectivity index (χ3n) is 5.26. The number of carbonyl (C=O) groups excluding carboxylic acids is 1. The predicted molar refractivity (Wildman–Crippen MR) is 99.8 cm³/mol. The van der Waals surface area contributed by atoms with Crippen molar-refractivity contribution in [2.75, 3.05) is 19.7 Å². The summed E-state index contributed by atoms with van der Waals surface area (Å²) in [4.78, 5) is 14.8. The lowest BCUT2D eigenvalue weighted by molar-refractivity contribution is -0.0793. The maximum atomic E-state index is 12.3. The summed E-state index contributed by atoms with van der Waals surface area (Å²) in [5, 5.41) is 7.05. The van der Waals surface area contributed by atoms with Gasteiger partial charge in [-0.3, -0.25) is 9.69 Å². The molecule has 0 aliphatic carbocycles. The highest BCUT2D eigenvalue weighted by atomic mass is 32.1. The molecule has 0 saturated carbocycles. The van der Waals surface area contributed by atoms with Crippen molar-refractivity contribution in [3.8, 4) is 0 Å². The molecular weight excluding hydrogens is 332 g/mol. The lowest BCUT2D eigenvalue weighted by Gasteiger charge is -2.38. The van der Waals surface area contributed by atoms with Gasteiger partial charge in [0, 0.05) is 43.2 Å². The van der Waals surface area contributed by atoms with Crippen molar-refractivity contribution in [1.82, 2.24) is 10.2 Å². The molecule has 2 atom stereocenters. The lowest BCUT2D eigenvalue weighted by atomic mass is 9.89. The summed E-state index contributed by atoms with van der Waals surface area (Å²) in [6.45, 7) is 3.71. The van der Waals surface area contributed by atoms with Gasteiger partial charge in [-0.05, 0) is 36.3 Å². The van der Waals surface area contributed by atoms with Crippen LogP contribution in [0.4, 0.5) is 0 Å². The molecule has 1 amide bonds. The third-order valence-corrected chi connectivity index (χ3v) is 5.94. The van der Waals surface area contributed by atoms with Crippen LogP contribution in [0.3, 0.4) is 0 Å². The first-order valence-corrected chi connectivity index (χ1v) is 9.90. The van der Waals surface area contributed by atoms with Gasteiger partial charge in [0.25, 0.3) is 5.91 Å². The minimum Gasteiger partial charge on any atom is -0.373 e. The van der Waals surface area contributed by atoms with Crippen molar-refractivity contribution in [2.24, 2.45) is 0 Å². The van der Waals surface area contributed by atoms with Gasteiger partial charge in [-0.15, -0.1) is 0 Å². The molecule has 1 aromatic carbocycles. The standard InChI is InChI=1S/C20H24N2O2S/c23-19(17-7-11-25-14-17)21-18-6-10-24-20(12-18)8-9-22(15-20)13-16-4-2-1-3-5-16/h1-5,7,11,14,18H,6,8-10,12-13,15H2,(H,21,23)/t18-,20+/m0/s1. The average Bonchev–Trinajstić information content (AvgIpc) is 3.27. The molecular formula is C20H24N2O2S. The zero-order valence-corrected chi connectivity index (χ0v) is 15.1. The van der Waals surface area contributed by atoms with E-state index in [0.29, 0.717) is 0 Å². The van der Waals surface area contributed by atoms with E-state index in [-0.39, 0.29) is 17.6 Å². The number of rotatable bonds is 4. The quantitative estimate of drug-likeness (QED) is 0.914. The molecule has 2 aliphatic heterocycles. The summed E-state index contributed by atoms with van der Waals surface area (Å²) in [5.74, 6) is 0.0439. The molecule has 1 spiro atoms. The molecule has 0 radical (unpaired) electrons. The van der Waals surface area contributed by atoms with Crippen LogP contribution in [0.25, 0.3) is 0 Å². The van der Waals surface area contributed by atoms with Crippen molar-refractivity contribution >= 4 is 17.2 Å². The van der Waals surface area contributed by atoms with E-state index in [1.54, 1.807) is 11.3 Å². The maximum absolute atomic E-state index is 12.3. The topological polar surface area (TPSA) is 41.6 Å². The van der Waals surface area contributed by atoms with E-state index >= 15 is 0 Å². The Morgan fingerprint density at radius 3 is 3.00 bits per heavy atom. The molecule has 3 heterocycles. The molecule has 5 heteroatoms. The van der Waals surface area contributed by atoms with Crippen molar-refractivity contribution in [2.45, 2.75) is 37.5 Å². The minimum absolute atomic E-state index is 0.0439. The molecule has 0 unspecified atom stereocenters. The van der Waals surface area contributed by atoms with Gasteiger partial charge < -0.3 is 10.1 Å². The van der Waals surface area contributed by atoms with Crippen molar-refractivity contribution in [3.05, 3.63) is 58.3 Å². The average molecular weight is 356 g/mol. The van der Waals surface area contributed by atoms with Crippen molar-refractivity contribution in [1.29, 1.82) is 0 Å². The molecule has 1 N–H and O–H groups in total. The van der Waals surface area contributed by atoms with Gasteiger partial charge in [-0.2, -0.15) is 11.3 Å². The van der Waals surface area contributed by atoms with Crippen molar-refractivity contribution < 1.29 is 9.53 Å². The zero-order valence-electron chi connectivity index (χ0n) is 14.3. The number of benzene rings is 1. The van der Waals surface area contributed by atoms with Crippen LogP contribution in [-0.2, 0) is 11.3 Å². The van der Waals surface area contributed by atoms with Gasteiger partial charge >= 0.3 is 0 Å². The second-order valence-corrected chi connectivity index (χ2v) is 7.93. The van der Waals surface area contributed by atoms with Gasteiger partial charge in [-0.1, -0.05) is 30.3 Å². The smallest absolute Gasteiger partial charge is 0.252 e. The first-order valence-electron chi connectivity index (χ1n) is 8.96. The number of thiophene rings is 1. The zero-order chi connectivity index (χ0) is 17.1. The van der Waals surface area contributed by atoms with Crippen LogP contribution in [0.2, 0.25) is 0 Å². The SMILES string of the molecule is O=C(N[C@H]1CCO[C@]2(CCN(Cc3ccccc3)C2)C1)c1ccsc1. The van der Waals surface area contributed by atoms with Gasteiger partial charge in [0.1, 0.15) is 0 Å². The Kier molecular flexibility index (Phi) is 4.88. The van der Waals surface area contributed by atoms with E-state index in [4.69, 9.17) is 4.74 Å². The number of nitrogens with one attached hydrogen (secondary N) is 1. The normalized spacial score (nSPS) is 26.8. The Morgan fingerprint density at radius 2 is 2.20 bits per heavy atom. The summed E-state index contributed by atoms with van der Waals surface area (Å²) in [6, 6.07) is 12.7. The van der Waals surface area contributed by atoms with Gasteiger partial charge in [0.05, 0.1) is 5.60 Å². The highest BCUT2D eigenvalue weighted by molar-refractivity contribution is 7.08. The fraction of sp³-hybridized carbons (Fsp3) is 0.450. The number of hydrogen-bond acceptors (Lipinski definition) is 4. The Morgan fingerprint density at radius 1 is 1.32 bits per heavy atom. The van der Waals surface area contributed by atoms with Crippen LogP contribution in [0.5, 0.6) is 0 Å². The highest BCUT2D eigenvalue weighted by Crippen LogP contribution is 2.35. The molecule has 4 nitrogen and oxygen atoms in total. The van der Waals surface area contributed by atoms with Crippen LogP contribution in [0, 0.1) is 0 Å². The molecule has 2 fully saturated rings. The minimum atomic E-state index is -0.0976. The number of nitrogens with zero attached hydrogens (tertiary/aromatic N) is 1. The number of hydrogen-bond donors (Lipinski definition) is 1. The molecule has 2 saturated heterocycles. The van der Waals surface area contributed by atoms with Crippen LogP contribution in [-0.4, -0.2) is 42.1 Å². The van der Waals surface area contributed by atoms with E-state index in [0.717, 1.165) is 51.1 Å². The second kappa shape index (κ2) is 7.28. The van der Waals surface area contributed by atoms with E-state index in [9.17, 15) is 4.79 Å². The molecule has 2 aromatic rings. The monoisotopic (exact) mass is 356 g/mol. The van der Waals surface area contributed by atoms with Crippen LogP contribution in [0.15, 0.2) is 47.2 Å². The lowest BCUT2D eigenvalue weighted by Crippen LogP contribution is -2.49. The van der Waals surface area contributed by atoms with Gasteiger partial charge in [0.2, 0.25) is 0 Å². The van der Waals surface area contributed by atoms with Gasteiger partial charge in [0.15, 0.2) is 0 Å². The van der Waals surface area contributed by atoms with E-state index in [2.05, 4.69) is 40.5 Å². The fourth-order valence-electron chi connectivity index (χ4n) is 4.00. The molecule has 4 rings (SSSR count). The second-order valence-electron chi connectivity index (χ2n) is 7.15. The fourth-order valence-corrected chi connectivity index (χ4v) is 4.64.